The number of aliphatic hydroxyl groups is 1. The summed E-state index contributed by atoms with van der Waals surface area (Å²) in [7, 11) is 0. The number of nitrogens with zero attached hydrogens (tertiary/aromatic N) is 1. The second-order valence-electron chi connectivity index (χ2n) is 6.19. The fourth-order valence-corrected chi connectivity index (χ4v) is 2.97. The molecule has 1 aromatic heterocycles. The molecule has 0 aliphatic carbocycles. The molecule has 2 N–H and O–H groups in total. The highest BCUT2D eigenvalue weighted by Crippen LogP contribution is 2.24. The lowest BCUT2D eigenvalue weighted by molar-refractivity contribution is 0.282. The van der Waals surface area contributed by atoms with Crippen LogP contribution in [0.4, 0.5) is 5.82 Å². The van der Waals surface area contributed by atoms with Gasteiger partial charge in [-0.15, -0.1) is 0 Å². The van der Waals surface area contributed by atoms with E-state index in [-0.39, 0.29) is 6.61 Å². The second-order valence-corrected chi connectivity index (χ2v) is 7.11. The fraction of sp³-hybridized carbons (Fsp3) is 0.450. The number of pyridine rings is 1. The largest absolute Gasteiger partial charge is 0.493 e. The predicted octanol–water partition coefficient (Wildman–Crippen LogP) is 5.22. The van der Waals surface area contributed by atoms with Gasteiger partial charge < -0.3 is 15.2 Å². The van der Waals surface area contributed by atoms with Crippen molar-refractivity contribution in [2.45, 2.75) is 52.7 Å². The van der Waals surface area contributed by atoms with Crippen molar-refractivity contribution in [1.29, 1.82) is 0 Å². The maximum Gasteiger partial charge on any atom is 0.131 e. The Morgan fingerprint density at radius 1 is 1.16 bits per heavy atom. The molecule has 0 bridgehead atoms. The van der Waals surface area contributed by atoms with Crippen LogP contribution < -0.4 is 10.1 Å². The number of aromatic nitrogens is 1. The van der Waals surface area contributed by atoms with Gasteiger partial charge in [-0.25, -0.2) is 4.98 Å². The highest BCUT2D eigenvalue weighted by atomic mass is 79.9. The lowest BCUT2D eigenvalue weighted by Crippen LogP contribution is -2.07. The Kier molecular flexibility index (Phi) is 8.22. The smallest absolute Gasteiger partial charge is 0.131 e. The third-order valence-corrected chi connectivity index (χ3v) is 4.46. The van der Waals surface area contributed by atoms with Crippen LogP contribution in [0.3, 0.4) is 0 Å². The molecule has 0 fully saturated rings. The van der Waals surface area contributed by atoms with Gasteiger partial charge in [0.15, 0.2) is 0 Å². The number of ether oxygens (including phenoxy) is 1. The molecule has 136 valence electrons. The van der Waals surface area contributed by atoms with Gasteiger partial charge >= 0.3 is 0 Å². The molecule has 0 aliphatic heterocycles. The Balaban J connectivity index is 2.01. The van der Waals surface area contributed by atoms with Crippen molar-refractivity contribution in [2.75, 3.05) is 11.9 Å². The molecule has 2 rings (SSSR count). The van der Waals surface area contributed by atoms with Crippen molar-refractivity contribution in [3.8, 4) is 5.75 Å². The average Bonchev–Trinajstić information content (AvgIpc) is 2.61. The van der Waals surface area contributed by atoms with E-state index in [0.717, 1.165) is 34.4 Å². The minimum Gasteiger partial charge on any atom is -0.493 e. The van der Waals surface area contributed by atoms with Crippen molar-refractivity contribution in [1.82, 2.24) is 4.98 Å². The van der Waals surface area contributed by atoms with Gasteiger partial charge in [-0.05, 0) is 47.0 Å². The van der Waals surface area contributed by atoms with Gasteiger partial charge in [0.05, 0.1) is 13.2 Å². The summed E-state index contributed by atoms with van der Waals surface area (Å²) >= 11 is 3.38. The van der Waals surface area contributed by atoms with Crippen molar-refractivity contribution >= 4 is 21.7 Å². The molecular weight excluding hydrogens is 380 g/mol. The molecule has 0 saturated heterocycles. The maximum atomic E-state index is 9.49. The molecule has 0 atom stereocenters. The van der Waals surface area contributed by atoms with Crippen LogP contribution in [0, 0.1) is 6.92 Å². The molecule has 0 unspecified atom stereocenters. The van der Waals surface area contributed by atoms with Crippen LogP contribution in [0.25, 0.3) is 0 Å². The summed E-state index contributed by atoms with van der Waals surface area (Å²) in [5.41, 5.74) is 3.04. The maximum absolute atomic E-state index is 9.49. The van der Waals surface area contributed by atoms with E-state index in [4.69, 9.17) is 4.74 Å². The third-order valence-electron chi connectivity index (χ3n) is 4.03. The van der Waals surface area contributed by atoms with Crippen LogP contribution >= 0.6 is 15.9 Å². The number of aryl methyl sites for hydroxylation is 1. The van der Waals surface area contributed by atoms with Crippen LogP contribution in [0.1, 0.15) is 49.3 Å². The zero-order chi connectivity index (χ0) is 18.1. The van der Waals surface area contributed by atoms with Gasteiger partial charge in [0.25, 0.3) is 0 Å². The van der Waals surface area contributed by atoms with E-state index in [2.05, 4.69) is 58.3 Å². The van der Waals surface area contributed by atoms with Crippen molar-refractivity contribution in [3.63, 3.8) is 0 Å². The summed E-state index contributed by atoms with van der Waals surface area (Å²) in [6.45, 7) is 5.58. The number of benzene rings is 1. The first-order valence-corrected chi connectivity index (χ1v) is 9.64. The van der Waals surface area contributed by atoms with Crippen molar-refractivity contribution < 1.29 is 9.84 Å². The number of aliphatic hydroxyl groups excluding tert-OH is 1. The first kappa shape index (κ1) is 19.7. The molecule has 0 spiro atoms. The van der Waals surface area contributed by atoms with Crippen LogP contribution in [0.5, 0.6) is 5.75 Å². The van der Waals surface area contributed by atoms with Crippen LogP contribution in [-0.4, -0.2) is 16.7 Å². The molecule has 0 radical (unpaired) electrons. The minimum absolute atomic E-state index is 0.0521. The first-order valence-electron chi connectivity index (χ1n) is 8.85. The van der Waals surface area contributed by atoms with E-state index in [1.807, 2.05) is 6.07 Å². The molecule has 4 nitrogen and oxygen atoms in total. The van der Waals surface area contributed by atoms with Gasteiger partial charge in [-0.3, -0.25) is 0 Å². The zero-order valence-electron chi connectivity index (χ0n) is 15.0. The van der Waals surface area contributed by atoms with Crippen LogP contribution in [-0.2, 0) is 13.2 Å². The Hall–Kier alpha value is -1.59. The standard InChI is InChI=1S/C20H27BrN2O2/c1-3-4-5-6-9-25-19-10-15(2)7-8-16(19)12-22-20-17(14-24)11-18(21)13-23-20/h7-8,10-11,13,24H,3-6,9,12,14H2,1-2H3,(H,22,23). The summed E-state index contributed by atoms with van der Waals surface area (Å²) in [6.07, 6.45) is 6.50. The predicted molar refractivity (Wildman–Crippen MR) is 106 cm³/mol. The highest BCUT2D eigenvalue weighted by molar-refractivity contribution is 9.10. The van der Waals surface area contributed by atoms with Crippen LogP contribution in [0.2, 0.25) is 0 Å². The molecule has 0 saturated carbocycles. The fourth-order valence-electron chi connectivity index (χ4n) is 2.59. The van der Waals surface area contributed by atoms with Gasteiger partial charge in [-0.2, -0.15) is 0 Å². The van der Waals surface area contributed by atoms with E-state index in [0.29, 0.717) is 12.4 Å². The molecule has 2 aromatic rings. The Morgan fingerprint density at radius 3 is 2.76 bits per heavy atom. The minimum atomic E-state index is -0.0521. The summed E-state index contributed by atoms with van der Waals surface area (Å²) < 4.78 is 6.87. The van der Waals surface area contributed by atoms with Crippen molar-refractivity contribution in [3.05, 3.63) is 51.6 Å². The third kappa shape index (κ3) is 6.33. The zero-order valence-corrected chi connectivity index (χ0v) is 16.6. The molecule has 25 heavy (non-hydrogen) atoms. The number of unbranched alkanes of at least 4 members (excludes halogenated alkanes) is 3. The van der Waals surface area contributed by atoms with Gasteiger partial charge in [0, 0.05) is 28.3 Å². The normalized spacial score (nSPS) is 10.7. The number of halogens is 1. The number of rotatable bonds is 10. The Labute approximate surface area is 158 Å². The van der Waals surface area contributed by atoms with Crippen molar-refractivity contribution in [2.24, 2.45) is 0 Å². The molecule has 5 heteroatoms. The van der Waals surface area contributed by atoms with E-state index in [1.54, 1.807) is 6.20 Å². The molecular formula is C20H27BrN2O2. The lowest BCUT2D eigenvalue weighted by atomic mass is 10.1. The van der Waals surface area contributed by atoms with Crippen LogP contribution in [0.15, 0.2) is 34.9 Å². The SMILES string of the molecule is CCCCCCOc1cc(C)ccc1CNc1ncc(Br)cc1CO. The summed E-state index contributed by atoms with van der Waals surface area (Å²) in [4.78, 5) is 4.35. The average molecular weight is 407 g/mol. The van der Waals surface area contributed by atoms with Gasteiger partial charge in [0.1, 0.15) is 11.6 Å². The number of anilines is 1. The summed E-state index contributed by atoms with van der Waals surface area (Å²) in [5.74, 6) is 1.62. The number of hydrogen-bond acceptors (Lipinski definition) is 4. The summed E-state index contributed by atoms with van der Waals surface area (Å²) in [5, 5.41) is 12.8. The quantitative estimate of drug-likeness (QED) is 0.531. The molecule has 1 heterocycles. The number of hydrogen-bond donors (Lipinski definition) is 2. The highest BCUT2D eigenvalue weighted by Gasteiger charge is 2.08. The molecule has 0 aliphatic rings. The summed E-state index contributed by atoms with van der Waals surface area (Å²) in [6, 6.07) is 8.12. The second kappa shape index (κ2) is 10.4. The van der Waals surface area contributed by atoms with Gasteiger partial charge in [-0.1, -0.05) is 38.3 Å². The Morgan fingerprint density at radius 2 is 2.00 bits per heavy atom. The number of nitrogens with one attached hydrogen (secondary N) is 1. The Bertz CT molecular complexity index is 677. The van der Waals surface area contributed by atoms with E-state index >= 15 is 0 Å². The van der Waals surface area contributed by atoms with E-state index < -0.39 is 0 Å². The molecule has 1 aromatic carbocycles. The van der Waals surface area contributed by atoms with Gasteiger partial charge in [0.2, 0.25) is 0 Å². The first-order chi connectivity index (χ1) is 12.1. The van der Waals surface area contributed by atoms with E-state index in [1.165, 1.54) is 24.8 Å². The van der Waals surface area contributed by atoms with E-state index in [9.17, 15) is 5.11 Å². The molecule has 0 amide bonds. The topological polar surface area (TPSA) is 54.4 Å². The monoisotopic (exact) mass is 406 g/mol. The lowest BCUT2D eigenvalue weighted by Gasteiger charge is -2.15.